The maximum atomic E-state index is 11.8. The Bertz CT molecular complexity index is 646. The topological polar surface area (TPSA) is 42.0 Å². The molecule has 0 saturated carbocycles. The van der Waals surface area contributed by atoms with Crippen LogP contribution in [0.4, 0.5) is 0 Å². The largest absolute Gasteiger partial charge is 0.375 e. The van der Waals surface area contributed by atoms with Crippen LogP contribution in [-0.2, 0) is 32.7 Å². The fourth-order valence-corrected chi connectivity index (χ4v) is 5.80. The second-order valence-corrected chi connectivity index (χ2v) is 9.12. The molecular formula is C22H36N2O3S. The molecule has 1 aromatic heterocycles. The number of hydrogen-bond donors (Lipinski definition) is 0. The van der Waals surface area contributed by atoms with Gasteiger partial charge in [0.25, 0.3) is 0 Å². The van der Waals surface area contributed by atoms with Crippen LogP contribution in [0.3, 0.4) is 0 Å². The standard InChI is InChI=1S/C20H30N2O3S.C2H6/c1-3-16-10-17-18(26-16)4-9-25-20(17)5-7-21(8-6-20)11-15-12-22(13-15)19(23)14-24-2;1-2/h10,15H,3-9,11-14H2,1-2H3;1-2H3. The van der Waals surface area contributed by atoms with Crippen LogP contribution in [0.15, 0.2) is 6.07 Å². The molecular weight excluding hydrogens is 372 g/mol. The Morgan fingerprint density at radius 3 is 2.68 bits per heavy atom. The number of amides is 1. The number of nitrogens with zero attached hydrogens (tertiary/aromatic N) is 2. The maximum absolute atomic E-state index is 11.8. The van der Waals surface area contributed by atoms with E-state index in [0.29, 0.717) is 5.92 Å². The minimum atomic E-state index is -0.0336. The first-order chi connectivity index (χ1) is 13.6. The molecule has 158 valence electrons. The third kappa shape index (κ3) is 4.45. The Labute approximate surface area is 174 Å². The normalized spacial score (nSPS) is 21.6. The molecule has 28 heavy (non-hydrogen) atoms. The van der Waals surface area contributed by atoms with Gasteiger partial charge < -0.3 is 19.3 Å². The molecule has 5 nitrogen and oxygen atoms in total. The summed E-state index contributed by atoms with van der Waals surface area (Å²) < 4.78 is 11.3. The van der Waals surface area contributed by atoms with Crippen molar-refractivity contribution in [1.29, 1.82) is 0 Å². The van der Waals surface area contributed by atoms with Crippen molar-refractivity contribution in [3.8, 4) is 0 Å². The average molecular weight is 409 g/mol. The van der Waals surface area contributed by atoms with Crippen LogP contribution in [-0.4, -0.2) is 68.8 Å². The lowest BCUT2D eigenvalue weighted by molar-refractivity contribution is -0.142. The Morgan fingerprint density at radius 2 is 2.04 bits per heavy atom. The Morgan fingerprint density at radius 1 is 1.32 bits per heavy atom. The van der Waals surface area contributed by atoms with Gasteiger partial charge >= 0.3 is 0 Å². The lowest BCUT2D eigenvalue weighted by Gasteiger charge is -2.47. The average Bonchev–Trinajstić information content (AvgIpc) is 3.13. The number of fused-ring (bicyclic) bond motifs is 2. The molecule has 0 N–H and O–H groups in total. The number of piperidine rings is 1. The first kappa shape index (κ1) is 21.8. The number of aryl methyl sites for hydroxylation is 1. The minimum Gasteiger partial charge on any atom is -0.375 e. The third-order valence-corrected chi connectivity index (χ3v) is 7.50. The molecule has 1 spiro atoms. The van der Waals surface area contributed by atoms with E-state index in [9.17, 15) is 4.79 Å². The van der Waals surface area contributed by atoms with Gasteiger partial charge in [-0.15, -0.1) is 11.3 Å². The predicted molar refractivity (Wildman–Crippen MR) is 114 cm³/mol. The van der Waals surface area contributed by atoms with Gasteiger partial charge in [-0.2, -0.15) is 0 Å². The number of ether oxygens (including phenoxy) is 2. The fraction of sp³-hybridized carbons (Fsp3) is 0.773. The van der Waals surface area contributed by atoms with Gasteiger partial charge in [-0.3, -0.25) is 4.79 Å². The monoisotopic (exact) mass is 408 g/mol. The van der Waals surface area contributed by atoms with Gasteiger partial charge in [-0.1, -0.05) is 20.8 Å². The van der Waals surface area contributed by atoms with E-state index < -0.39 is 0 Å². The number of thiophene rings is 1. The van der Waals surface area contributed by atoms with Crippen LogP contribution in [0.1, 0.15) is 48.9 Å². The van der Waals surface area contributed by atoms with Gasteiger partial charge in [-0.05, 0) is 30.9 Å². The molecule has 0 atom stereocenters. The zero-order chi connectivity index (χ0) is 20.1. The van der Waals surface area contributed by atoms with E-state index in [1.807, 2.05) is 30.1 Å². The molecule has 4 rings (SSSR count). The molecule has 0 bridgehead atoms. The Kier molecular flexibility index (Phi) is 7.54. The van der Waals surface area contributed by atoms with Crippen LogP contribution in [0.2, 0.25) is 0 Å². The van der Waals surface area contributed by atoms with E-state index in [0.717, 1.165) is 65.0 Å². The summed E-state index contributed by atoms with van der Waals surface area (Å²) in [4.78, 5) is 19.3. The summed E-state index contributed by atoms with van der Waals surface area (Å²) in [5.74, 6) is 0.731. The lowest BCUT2D eigenvalue weighted by atomic mass is 9.82. The summed E-state index contributed by atoms with van der Waals surface area (Å²) in [7, 11) is 1.58. The SMILES string of the molecule is CC.CCc1cc2c(s1)CCOC21CCN(CC2CN(C(=O)COC)C2)CC1. The van der Waals surface area contributed by atoms with Gasteiger partial charge in [0.05, 0.1) is 12.2 Å². The van der Waals surface area contributed by atoms with Gasteiger partial charge in [0.15, 0.2) is 0 Å². The highest BCUT2D eigenvalue weighted by Gasteiger charge is 2.42. The number of rotatable bonds is 5. The molecule has 1 aromatic rings. The first-order valence-corrected chi connectivity index (χ1v) is 11.7. The highest BCUT2D eigenvalue weighted by molar-refractivity contribution is 7.12. The van der Waals surface area contributed by atoms with E-state index in [1.165, 1.54) is 10.4 Å². The zero-order valence-corrected chi connectivity index (χ0v) is 18.8. The van der Waals surface area contributed by atoms with Gasteiger partial charge in [0.1, 0.15) is 6.61 Å². The highest BCUT2D eigenvalue weighted by atomic mass is 32.1. The zero-order valence-electron chi connectivity index (χ0n) is 18.0. The van der Waals surface area contributed by atoms with Crippen molar-refractivity contribution in [2.75, 3.05) is 53.0 Å². The Balaban J connectivity index is 0.00000109. The summed E-state index contributed by atoms with van der Waals surface area (Å²) in [6.07, 6.45) is 4.40. The molecule has 4 heterocycles. The molecule has 3 aliphatic heterocycles. The minimum absolute atomic E-state index is 0.0336. The van der Waals surface area contributed by atoms with Gasteiger partial charge in [0.2, 0.25) is 5.91 Å². The van der Waals surface area contributed by atoms with Gasteiger partial charge in [-0.25, -0.2) is 0 Å². The van der Waals surface area contributed by atoms with E-state index in [-0.39, 0.29) is 18.1 Å². The molecule has 2 saturated heterocycles. The van der Waals surface area contributed by atoms with E-state index >= 15 is 0 Å². The van der Waals surface area contributed by atoms with Crippen LogP contribution in [0.25, 0.3) is 0 Å². The van der Waals surface area contributed by atoms with Crippen molar-refractivity contribution in [3.63, 3.8) is 0 Å². The molecule has 2 fully saturated rings. The van der Waals surface area contributed by atoms with E-state index in [2.05, 4.69) is 17.9 Å². The highest BCUT2D eigenvalue weighted by Crippen LogP contribution is 2.44. The lowest BCUT2D eigenvalue weighted by Crippen LogP contribution is -2.56. The van der Waals surface area contributed by atoms with Crippen molar-refractivity contribution >= 4 is 17.2 Å². The number of carbonyl (C=O) groups is 1. The smallest absolute Gasteiger partial charge is 0.248 e. The van der Waals surface area contributed by atoms with Crippen molar-refractivity contribution in [2.24, 2.45) is 5.92 Å². The van der Waals surface area contributed by atoms with E-state index in [1.54, 1.807) is 12.0 Å². The molecule has 0 unspecified atom stereocenters. The molecule has 6 heteroatoms. The van der Waals surface area contributed by atoms with Crippen LogP contribution < -0.4 is 0 Å². The van der Waals surface area contributed by atoms with E-state index in [4.69, 9.17) is 9.47 Å². The van der Waals surface area contributed by atoms with Crippen molar-refractivity contribution in [2.45, 2.75) is 52.1 Å². The second-order valence-electron chi connectivity index (χ2n) is 7.89. The maximum Gasteiger partial charge on any atom is 0.248 e. The van der Waals surface area contributed by atoms with Crippen molar-refractivity contribution in [1.82, 2.24) is 9.80 Å². The number of hydrogen-bond acceptors (Lipinski definition) is 5. The first-order valence-electron chi connectivity index (χ1n) is 10.9. The summed E-state index contributed by atoms with van der Waals surface area (Å²) in [6, 6.07) is 2.42. The number of methoxy groups -OCH3 is 1. The molecule has 0 radical (unpaired) electrons. The fourth-order valence-electron chi connectivity index (χ4n) is 4.63. The van der Waals surface area contributed by atoms with Crippen molar-refractivity contribution < 1.29 is 14.3 Å². The Hall–Kier alpha value is -0.950. The van der Waals surface area contributed by atoms with Crippen LogP contribution >= 0.6 is 11.3 Å². The number of carbonyl (C=O) groups excluding carboxylic acids is 1. The molecule has 0 aliphatic carbocycles. The quantitative estimate of drug-likeness (QED) is 0.750. The molecule has 0 aromatic carbocycles. The summed E-state index contributed by atoms with van der Waals surface area (Å²) in [5.41, 5.74) is 1.46. The number of likely N-dealkylation sites (tertiary alicyclic amines) is 2. The second kappa shape index (κ2) is 9.70. The molecule has 1 amide bonds. The summed E-state index contributed by atoms with van der Waals surface area (Å²) >= 11 is 1.99. The molecule has 3 aliphatic rings. The van der Waals surface area contributed by atoms with Crippen LogP contribution in [0.5, 0.6) is 0 Å². The predicted octanol–water partition coefficient (Wildman–Crippen LogP) is 3.31. The van der Waals surface area contributed by atoms with Crippen LogP contribution in [0, 0.1) is 5.92 Å². The summed E-state index contributed by atoms with van der Waals surface area (Å²) in [6.45, 7) is 12.4. The van der Waals surface area contributed by atoms with Crippen molar-refractivity contribution in [3.05, 3.63) is 21.4 Å². The van der Waals surface area contributed by atoms with Gasteiger partial charge in [0, 0.05) is 61.9 Å². The third-order valence-electron chi connectivity index (χ3n) is 6.16. The summed E-state index contributed by atoms with van der Waals surface area (Å²) in [5, 5.41) is 0.